The van der Waals surface area contributed by atoms with E-state index in [0.717, 1.165) is 55.3 Å². The van der Waals surface area contributed by atoms with Crippen molar-refractivity contribution in [1.82, 2.24) is 4.90 Å². The fourth-order valence-electron chi connectivity index (χ4n) is 5.34. The van der Waals surface area contributed by atoms with Crippen LogP contribution in [0.3, 0.4) is 0 Å². The zero-order valence-electron chi connectivity index (χ0n) is 18.3. The Morgan fingerprint density at radius 1 is 0.967 bits per heavy atom. The minimum atomic E-state index is -0.752. The van der Waals surface area contributed by atoms with E-state index in [1.54, 1.807) is 14.2 Å². The molecule has 30 heavy (non-hydrogen) atoms. The van der Waals surface area contributed by atoms with E-state index in [0.29, 0.717) is 6.61 Å². The Labute approximate surface area is 179 Å². The Morgan fingerprint density at radius 3 is 2.27 bits per heavy atom. The molecule has 4 rings (SSSR count). The first-order chi connectivity index (χ1) is 14.6. The molecule has 2 bridgehead atoms. The highest BCUT2D eigenvalue weighted by Crippen LogP contribution is 2.49. The number of likely N-dealkylation sites (tertiary alicyclic amines) is 1. The van der Waals surface area contributed by atoms with E-state index < -0.39 is 5.60 Å². The van der Waals surface area contributed by atoms with Crippen LogP contribution in [-0.4, -0.2) is 43.9 Å². The van der Waals surface area contributed by atoms with Crippen molar-refractivity contribution in [3.8, 4) is 17.2 Å². The Balaban J connectivity index is 1.52. The maximum absolute atomic E-state index is 11.8. The summed E-state index contributed by atoms with van der Waals surface area (Å²) in [7, 11) is 3.36. The molecule has 1 saturated carbocycles. The summed E-state index contributed by atoms with van der Waals surface area (Å²) >= 11 is 0. The number of methoxy groups -OCH3 is 2. The number of hydrogen-bond donors (Lipinski definition) is 1. The molecule has 2 aromatic carbocycles. The summed E-state index contributed by atoms with van der Waals surface area (Å²) in [5.41, 5.74) is 1.49. The molecule has 0 spiro atoms. The average Bonchev–Trinajstić information content (AvgIpc) is 2.75. The second-order valence-electron chi connectivity index (χ2n) is 8.49. The van der Waals surface area contributed by atoms with Gasteiger partial charge in [0.2, 0.25) is 0 Å². The van der Waals surface area contributed by atoms with E-state index in [-0.39, 0.29) is 11.8 Å². The van der Waals surface area contributed by atoms with Crippen LogP contribution in [0.4, 0.5) is 0 Å². The summed E-state index contributed by atoms with van der Waals surface area (Å²) in [6.45, 7) is 5.25. The summed E-state index contributed by atoms with van der Waals surface area (Å²) in [5.74, 6) is 2.87. The quantitative estimate of drug-likeness (QED) is 0.739. The number of fused-ring (bicyclic) bond motifs is 2. The fourth-order valence-corrected chi connectivity index (χ4v) is 5.34. The third-order valence-corrected chi connectivity index (χ3v) is 6.79. The van der Waals surface area contributed by atoms with Crippen LogP contribution in [0.25, 0.3) is 0 Å². The predicted molar refractivity (Wildman–Crippen MR) is 117 cm³/mol. The second kappa shape index (κ2) is 8.86. The van der Waals surface area contributed by atoms with Gasteiger partial charge in [-0.15, -0.1) is 0 Å². The van der Waals surface area contributed by atoms with Crippen LogP contribution in [0.1, 0.15) is 37.3 Å². The Bertz CT molecular complexity index is 837. The zero-order valence-corrected chi connectivity index (χ0v) is 18.3. The molecule has 2 aromatic rings. The monoisotopic (exact) mass is 411 g/mol. The minimum absolute atomic E-state index is 0.239. The standard InChI is InChI=1S/C25H33NO4/c1-4-30-23-13-8-18(14-24(23)29-3)15-26-16-20-6-5-7-21(17-26)25(20,27)19-9-11-22(28-2)12-10-19/h8-14,20-21,27H,4-7,15-17H2,1-3H3. The number of hydrogen-bond acceptors (Lipinski definition) is 5. The molecule has 2 aliphatic rings. The first kappa shape index (κ1) is 21.0. The average molecular weight is 412 g/mol. The van der Waals surface area contributed by atoms with Crippen molar-refractivity contribution < 1.29 is 19.3 Å². The van der Waals surface area contributed by atoms with E-state index in [1.165, 1.54) is 12.0 Å². The molecular weight excluding hydrogens is 378 g/mol. The molecule has 1 saturated heterocycles. The van der Waals surface area contributed by atoms with Crippen LogP contribution in [0, 0.1) is 11.8 Å². The van der Waals surface area contributed by atoms with Gasteiger partial charge in [0.15, 0.2) is 11.5 Å². The molecule has 5 heteroatoms. The lowest BCUT2D eigenvalue weighted by atomic mass is 9.62. The van der Waals surface area contributed by atoms with Crippen LogP contribution >= 0.6 is 0 Å². The van der Waals surface area contributed by atoms with Crippen LogP contribution in [-0.2, 0) is 12.1 Å². The van der Waals surface area contributed by atoms with Gasteiger partial charge in [-0.3, -0.25) is 4.90 Å². The molecule has 0 amide bonds. The molecular formula is C25H33NO4. The normalized spacial score (nSPS) is 26.3. The highest BCUT2D eigenvalue weighted by molar-refractivity contribution is 5.43. The number of piperidine rings is 1. The molecule has 1 aliphatic heterocycles. The van der Waals surface area contributed by atoms with Crippen LogP contribution < -0.4 is 14.2 Å². The number of ether oxygens (including phenoxy) is 3. The lowest BCUT2D eigenvalue weighted by Crippen LogP contribution is -2.57. The SMILES string of the molecule is CCOc1ccc(CN2CC3CCCC(C2)C3(O)c2ccc(OC)cc2)cc1OC. The van der Waals surface area contributed by atoms with Gasteiger partial charge < -0.3 is 19.3 Å². The van der Waals surface area contributed by atoms with Gasteiger partial charge in [0.05, 0.1) is 26.4 Å². The first-order valence-corrected chi connectivity index (χ1v) is 11.0. The van der Waals surface area contributed by atoms with Crippen molar-refractivity contribution in [2.24, 2.45) is 11.8 Å². The van der Waals surface area contributed by atoms with E-state index in [9.17, 15) is 5.11 Å². The Kier molecular flexibility index (Phi) is 6.21. The Hall–Kier alpha value is -2.24. The summed E-state index contributed by atoms with van der Waals surface area (Å²) < 4.78 is 16.5. The molecule has 1 aliphatic carbocycles. The Morgan fingerprint density at radius 2 is 1.67 bits per heavy atom. The van der Waals surface area contributed by atoms with Gasteiger partial charge in [-0.2, -0.15) is 0 Å². The number of nitrogens with zero attached hydrogens (tertiary/aromatic N) is 1. The topological polar surface area (TPSA) is 51.2 Å². The maximum atomic E-state index is 11.8. The van der Waals surface area contributed by atoms with Crippen molar-refractivity contribution >= 4 is 0 Å². The van der Waals surface area contributed by atoms with Crippen LogP contribution in [0.15, 0.2) is 42.5 Å². The highest BCUT2D eigenvalue weighted by atomic mass is 16.5. The van der Waals surface area contributed by atoms with E-state index in [4.69, 9.17) is 14.2 Å². The minimum Gasteiger partial charge on any atom is -0.497 e. The summed E-state index contributed by atoms with van der Waals surface area (Å²) in [4.78, 5) is 2.49. The van der Waals surface area contributed by atoms with Gasteiger partial charge in [-0.1, -0.05) is 24.6 Å². The molecule has 0 aromatic heterocycles. The molecule has 2 atom stereocenters. The van der Waals surface area contributed by atoms with Crippen molar-refractivity contribution in [2.45, 2.75) is 38.3 Å². The molecule has 2 unspecified atom stereocenters. The van der Waals surface area contributed by atoms with E-state index in [2.05, 4.69) is 17.0 Å². The molecule has 1 heterocycles. The molecule has 5 nitrogen and oxygen atoms in total. The van der Waals surface area contributed by atoms with Crippen molar-refractivity contribution in [3.05, 3.63) is 53.6 Å². The zero-order chi connectivity index (χ0) is 21.1. The highest BCUT2D eigenvalue weighted by Gasteiger charge is 2.51. The van der Waals surface area contributed by atoms with Gasteiger partial charge in [0.25, 0.3) is 0 Å². The lowest BCUT2D eigenvalue weighted by Gasteiger charge is -2.53. The van der Waals surface area contributed by atoms with Crippen molar-refractivity contribution in [3.63, 3.8) is 0 Å². The molecule has 2 fully saturated rings. The predicted octanol–water partition coefficient (Wildman–Crippen LogP) is 4.22. The smallest absolute Gasteiger partial charge is 0.161 e. The van der Waals surface area contributed by atoms with Gasteiger partial charge >= 0.3 is 0 Å². The van der Waals surface area contributed by atoms with Gasteiger partial charge in [0, 0.05) is 31.5 Å². The number of aliphatic hydroxyl groups is 1. The third-order valence-electron chi connectivity index (χ3n) is 6.79. The maximum Gasteiger partial charge on any atom is 0.161 e. The van der Waals surface area contributed by atoms with E-state index in [1.807, 2.05) is 37.3 Å². The van der Waals surface area contributed by atoms with Gasteiger partial charge in [-0.25, -0.2) is 0 Å². The number of rotatable bonds is 7. The molecule has 162 valence electrons. The van der Waals surface area contributed by atoms with Gasteiger partial charge in [0.1, 0.15) is 5.75 Å². The summed E-state index contributed by atoms with van der Waals surface area (Å²) in [6.07, 6.45) is 3.31. The molecule has 1 N–H and O–H groups in total. The van der Waals surface area contributed by atoms with E-state index >= 15 is 0 Å². The van der Waals surface area contributed by atoms with Gasteiger partial charge in [-0.05, 0) is 55.2 Å². The largest absolute Gasteiger partial charge is 0.497 e. The summed E-state index contributed by atoms with van der Waals surface area (Å²) in [6, 6.07) is 14.2. The number of benzene rings is 2. The fraction of sp³-hybridized carbons (Fsp3) is 0.520. The first-order valence-electron chi connectivity index (χ1n) is 11.0. The lowest BCUT2D eigenvalue weighted by molar-refractivity contribution is -0.148. The van der Waals surface area contributed by atoms with Crippen molar-refractivity contribution in [1.29, 1.82) is 0 Å². The van der Waals surface area contributed by atoms with Crippen LogP contribution in [0.5, 0.6) is 17.2 Å². The van der Waals surface area contributed by atoms with Crippen LogP contribution in [0.2, 0.25) is 0 Å². The molecule has 0 radical (unpaired) electrons. The van der Waals surface area contributed by atoms with Crippen molar-refractivity contribution in [2.75, 3.05) is 33.9 Å². The second-order valence-corrected chi connectivity index (χ2v) is 8.49. The summed E-state index contributed by atoms with van der Waals surface area (Å²) in [5, 5.41) is 11.8. The third kappa shape index (κ3) is 3.88.